The van der Waals surface area contributed by atoms with Gasteiger partial charge in [0, 0.05) is 6.04 Å². The first-order valence-electron chi connectivity index (χ1n) is 6.39. The summed E-state index contributed by atoms with van der Waals surface area (Å²) in [5, 5.41) is 0. The zero-order chi connectivity index (χ0) is 13.3. The molecule has 0 N–H and O–H groups in total. The van der Waals surface area contributed by atoms with Gasteiger partial charge in [-0.25, -0.2) is 4.79 Å². The number of hydrogen-bond donors (Lipinski definition) is 0. The van der Waals surface area contributed by atoms with Crippen molar-refractivity contribution in [3.63, 3.8) is 0 Å². The fourth-order valence-corrected chi connectivity index (χ4v) is 3.10. The van der Waals surface area contributed by atoms with Crippen molar-refractivity contribution in [3.8, 4) is 0 Å². The number of rotatable bonds is 0. The lowest BCUT2D eigenvalue weighted by Crippen LogP contribution is -2.49. The standard InChI is InChI=1S/C14H20BrNO2/c1-14(2,3)18-13(17)16-11-6-4-5-7-12(16)9-10(15)8-11/h4-5,8,11-12H,6-7,9H2,1-3H3. The van der Waals surface area contributed by atoms with Crippen LogP contribution in [-0.2, 0) is 4.74 Å². The summed E-state index contributed by atoms with van der Waals surface area (Å²) in [6.45, 7) is 5.72. The Labute approximate surface area is 117 Å². The van der Waals surface area contributed by atoms with Gasteiger partial charge in [0.2, 0.25) is 0 Å². The van der Waals surface area contributed by atoms with E-state index in [0.717, 1.165) is 19.3 Å². The Morgan fingerprint density at radius 1 is 1.39 bits per heavy atom. The molecule has 1 amide bonds. The third kappa shape index (κ3) is 3.16. The number of carbonyl (C=O) groups is 1. The Bertz CT molecular complexity index is 395. The van der Waals surface area contributed by atoms with E-state index in [1.54, 1.807) is 0 Å². The molecule has 18 heavy (non-hydrogen) atoms. The van der Waals surface area contributed by atoms with Crippen LogP contribution in [0.3, 0.4) is 0 Å². The predicted octanol–water partition coefficient (Wildman–Crippen LogP) is 3.99. The molecule has 0 saturated carbocycles. The average molecular weight is 314 g/mol. The first-order chi connectivity index (χ1) is 8.37. The van der Waals surface area contributed by atoms with E-state index in [1.807, 2.05) is 25.7 Å². The second kappa shape index (κ2) is 5.08. The predicted molar refractivity (Wildman–Crippen MR) is 75.7 cm³/mol. The molecule has 0 fully saturated rings. The molecule has 2 aliphatic rings. The summed E-state index contributed by atoms with van der Waals surface area (Å²) in [6.07, 6.45) is 8.89. The van der Waals surface area contributed by atoms with Gasteiger partial charge in [-0.3, -0.25) is 4.90 Å². The van der Waals surface area contributed by atoms with E-state index in [2.05, 4.69) is 34.2 Å². The van der Waals surface area contributed by atoms with Gasteiger partial charge in [0.05, 0.1) is 6.04 Å². The lowest BCUT2D eigenvalue weighted by atomic mass is 10.0. The molecule has 0 radical (unpaired) electrons. The van der Waals surface area contributed by atoms with Crippen LogP contribution in [-0.4, -0.2) is 28.7 Å². The van der Waals surface area contributed by atoms with Crippen LogP contribution in [0.15, 0.2) is 22.7 Å². The van der Waals surface area contributed by atoms with Crippen molar-refractivity contribution in [2.45, 2.75) is 57.7 Å². The van der Waals surface area contributed by atoms with Crippen LogP contribution < -0.4 is 0 Å². The van der Waals surface area contributed by atoms with Crippen LogP contribution >= 0.6 is 15.9 Å². The number of nitrogens with zero attached hydrogens (tertiary/aromatic N) is 1. The summed E-state index contributed by atoms with van der Waals surface area (Å²) in [6, 6.07) is 0.328. The lowest BCUT2D eigenvalue weighted by molar-refractivity contribution is 0.00926. The average Bonchev–Trinajstić information content (AvgIpc) is 2.33. The topological polar surface area (TPSA) is 29.5 Å². The molecule has 4 heteroatoms. The van der Waals surface area contributed by atoms with Crippen LogP contribution in [0.2, 0.25) is 0 Å². The summed E-state index contributed by atoms with van der Waals surface area (Å²) < 4.78 is 6.71. The van der Waals surface area contributed by atoms with Gasteiger partial charge < -0.3 is 4.74 Å². The number of hydrogen-bond acceptors (Lipinski definition) is 2. The maximum Gasteiger partial charge on any atom is 0.411 e. The fraction of sp³-hybridized carbons (Fsp3) is 0.643. The molecule has 0 saturated heterocycles. The van der Waals surface area contributed by atoms with E-state index < -0.39 is 5.60 Å². The van der Waals surface area contributed by atoms with E-state index in [9.17, 15) is 4.79 Å². The first kappa shape index (κ1) is 13.7. The van der Waals surface area contributed by atoms with Gasteiger partial charge in [-0.05, 0) is 44.5 Å². The van der Waals surface area contributed by atoms with Crippen molar-refractivity contribution in [2.75, 3.05) is 0 Å². The number of fused-ring (bicyclic) bond motifs is 2. The van der Waals surface area contributed by atoms with Gasteiger partial charge >= 0.3 is 6.09 Å². The summed E-state index contributed by atoms with van der Waals surface area (Å²) >= 11 is 3.57. The quantitative estimate of drug-likeness (QED) is 0.633. The Morgan fingerprint density at radius 2 is 2.06 bits per heavy atom. The zero-order valence-electron chi connectivity index (χ0n) is 11.1. The van der Waals surface area contributed by atoms with E-state index in [4.69, 9.17) is 4.74 Å². The van der Waals surface area contributed by atoms with Crippen molar-refractivity contribution < 1.29 is 9.53 Å². The second-order valence-electron chi connectivity index (χ2n) is 5.87. The fourth-order valence-electron chi connectivity index (χ4n) is 2.42. The summed E-state index contributed by atoms with van der Waals surface area (Å²) in [5.41, 5.74) is -0.438. The van der Waals surface area contributed by atoms with Crippen molar-refractivity contribution in [2.24, 2.45) is 0 Å². The maximum atomic E-state index is 12.3. The summed E-state index contributed by atoms with van der Waals surface area (Å²) in [4.78, 5) is 14.2. The molecule has 0 aromatic rings. The SMILES string of the molecule is CC(C)(C)OC(=O)N1C2C=C(Br)CC1CC=CC2. The minimum atomic E-state index is -0.438. The molecule has 2 aliphatic heterocycles. The molecule has 3 nitrogen and oxygen atoms in total. The molecule has 2 heterocycles. The van der Waals surface area contributed by atoms with E-state index >= 15 is 0 Å². The highest BCUT2D eigenvalue weighted by Crippen LogP contribution is 2.33. The third-order valence-corrected chi connectivity index (χ3v) is 3.70. The molecular weight excluding hydrogens is 294 g/mol. The molecule has 2 atom stereocenters. The molecular formula is C14H20BrNO2. The van der Waals surface area contributed by atoms with Gasteiger partial charge in [-0.2, -0.15) is 0 Å². The molecule has 0 aromatic heterocycles. The number of halogens is 1. The Hall–Kier alpha value is -0.770. The number of carbonyl (C=O) groups excluding carboxylic acids is 1. The van der Waals surface area contributed by atoms with Gasteiger partial charge in [-0.15, -0.1) is 0 Å². The van der Waals surface area contributed by atoms with Crippen molar-refractivity contribution in [1.29, 1.82) is 0 Å². The monoisotopic (exact) mass is 313 g/mol. The zero-order valence-corrected chi connectivity index (χ0v) is 12.7. The summed E-state index contributed by atoms with van der Waals surface area (Å²) in [5.74, 6) is 0. The highest BCUT2D eigenvalue weighted by atomic mass is 79.9. The van der Waals surface area contributed by atoms with Crippen LogP contribution in [0, 0.1) is 0 Å². The van der Waals surface area contributed by atoms with E-state index in [1.165, 1.54) is 4.48 Å². The Kier molecular flexibility index (Phi) is 3.85. The van der Waals surface area contributed by atoms with Crippen LogP contribution in [0.25, 0.3) is 0 Å². The van der Waals surface area contributed by atoms with Crippen LogP contribution in [0.1, 0.15) is 40.0 Å². The number of ether oxygens (including phenoxy) is 1. The molecule has 2 bridgehead atoms. The third-order valence-electron chi connectivity index (χ3n) is 3.11. The normalized spacial score (nSPS) is 27.6. The number of amides is 1. The lowest BCUT2D eigenvalue weighted by Gasteiger charge is -2.39. The minimum absolute atomic E-state index is 0.117. The van der Waals surface area contributed by atoms with E-state index in [-0.39, 0.29) is 18.2 Å². The van der Waals surface area contributed by atoms with E-state index in [0.29, 0.717) is 0 Å². The molecule has 0 aliphatic carbocycles. The molecule has 2 unspecified atom stereocenters. The highest BCUT2D eigenvalue weighted by molar-refractivity contribution is 9.11. The second-order valence-corrected chi connectivity index (χ2v) is 6.89. The van der Waals surface area contributed by atoms with Crippen molar-refractivity contribution in [3.05, 3.63) is 22.7 Å². The molecule has 0 aromatic carbocycles. The smallest absolute Gasteiger partial charge is 0.411 e. The largest absolute Gasteiger partial charge is 0.444 e. The highest BCUT2D eigenvalue weighted by Gasteiger charge is 2.36. The maximum absolute atomic E-state index is 12.3. The molecule has 100 valence electrons. The van der Waals surface area contributed by atoms with Gasteiger partial charge in [0.25, 0.3) is 0 Å². The van der Waals surface area contributed by atoms with Crippen LogP contribution in [0.4, 0.5) is 4.79 Å². The van der Waals surface area contributed by atoms with Crippen molar-refractivity contribution in [1.82, 2.24) is 4.90 Å². The molecule has 0 spiro atoms. The Balaban J connectivity index is 2.19. The van der Waals surface area contributed by atoms with Gasteiger partial charge in [-0.1, -0.05) is 34.2 Å². The first-order valence-corrected chi connectivity index (χ1v) is 7.18. The minimum Gasteiger partial charge on any atom is -0.444 e. The van der Waals surface area contributed by atoms with Gasteiger partial charge in [0.15, 0.2) is 0 Å². The van der Waals surface area contributed by atoms with Crippen molar-refractivity contribution >= 4 is 22.0 Å². The molecule has 2 rings (SSSR count). The van der Waals surface area contributed by atoms with Gasteiger partial charge in [0.1, 0.15) is 5.60 Å². The van der Waals surface area contributed by atoms with Crippen LogP contribution in [0.5, 0.6) is 0 Å². The Morgan fingerprint density at radius 3 is 2.72 bits per heavy atom. The summed E-state index contributed by atoms with van der Waals surface area (Å²) in [7, 11) is 0.